The lowest BCUT2D eigenvalue weighted by Gasteiger charge is -2.32. The molecule has 2 heterocycles. The number of ether oxygens (including phenoxy) is 1. The average molecular weight is 285 g/mol. The fourth-order valence-corrected chi connectivity index (χ4v) is 3.16. The Kier molecular flexibility index (Phi) is 4.36. The Morgan fingerprint density at radius 1 is 1.38 bits per heavy atom. The first-order valence-electron chi connectivity index (χ1n) is 7.73. The lowest BCUT2D eigenvalue weighted by Crippen LogP contribution is -2.31. The summed E-state index contributed by atoms with van der Waals surface area (Å²) in [6.45, 7) is 3.89. The summed E-state index contributed by atoms with van der Waals surface area (Å²) in [6.07, 6.45) is 4.00. The first kappa shape index (κ1) is 14.3. The quantitative estimate of drug-likeness (QED) is 0.918. The molecule has 112 valence electrons. The Balaban J connectivity index is 1.96. The van der Waals surface area contributed by atoms with E-state index in [4.69, 9.17) is 4.74 Å². The molecule has 4 nitrogen and oxygen atoms in total. The van der Waals surface area contributed by atoms with E-state index < -0.39 is 0 Å². The highest BCUT2D eigenvalue weighted by atomic mass is 16.5. The average Bonchev–Trinajstić information content (AvgIpc) is 2.97. The Bertz CT molecular complexity index is 593. The molecule has 2 unspecified atom stereocenters. The van der Waals surface area contributed by atoms with Gasteiger partial charge in [-0.25, -0.2) is 0 Å². The van der Waals surface area contributed by atoms with Crippen LogP contribution in [-0.4, -0.2) is 23.4 Å². The number of aryl methyl sites for hydroxylation is 1. The van der Waals surface area contributed by atoms with Crippen LogP contribution in [0.1, 0.15) is 42.3 Å². The van der Waals surface area contributed by atoms with Gasteiger partial charge in [-0.15, -0.1) is 0 Å². The number of likely N-dealkylation sites (N-methyl/N-ethyl adjacent to an activating group) is 1. The van der Waals surface area contributed by atoms with E-state index in [2.05, 4.69) is 52.4 Å². The van der Waals surface area contributed by atoms with Gasteiger partial charge in [-0.3, -0.25) is 4.68 Å². The van der Waals surface area contributed by atoms with Gasteiger partial charge in [0.25, 0.3) is 0 Å². The van der Waals surface area contributed by atoms with Crippen LogP contribution in [-0.2, 0) is 17.7 Å². The molecule has 1 aliphatic rings. The molecule has 0 saturated heterocycles. The summed E-state index contributed by atoms with van der Waals surface area (Å²) in [4.78, 5) is 0. The van der Waals surface area contributed by atoms with Gasteiger partial charge in [0.15, 0.2) is 0 Å². The smallest absolute Gasteiger partial charge is 0.104 e. The highest BCUT2D eigenvalue weighted by molar-refractivity contribution is 5.33. The van der Waals surface area contributed by atoms with E-state index in [1.165, 1.54) is 16.8 Å². The summed E-state index contributed by atoms with van der Waals surface area (Å²) < 4.78 is 8.20. The zero-order valence-electron chi connectivity index (χ0n) is 12.7. The molecule has 2 atom stereocenters. The van der Waals surface area contributed by atoms with Crippen LogP contribution in [0, 0.1) is 0 Å². The van der Waals surface area contributed by atoms with Crippen molar-refractivity contribution in [3.63, 3.8) is 0 Å². The van der Waals surface area contributed by atoms with Crippen LogP contribution in [0.3, 0.4) is 0 Å². The maximum Gasteiger partial charge on any atom is 0.104 e. The third kappa shape index (κ3) is 2.74. The maximum absolute atomic E-state index is 6.11. The third-order valence-corrected chi connectivity index (χ3v) is 4.15. The second-order valence-corrected chi connectivity index (χ2v) is 5.49. The van der Waals surface area contributed by atoms with E-state index in [-0.39, 0.29) is 12.1 Å². The Labute approximate surface area is 126 Å². The Morgan fingerprint density at radius 3 is 3.05 bits per heavy atom. The number of nitrogens with one attached hydrogen (secondary N) is 1. The molecule has 0 bridgehead atoms. The van der Waals surface area contributed by atoms with Gasteiger partial charge in [0.2, 0.25) is 0 Å². The second kappa shape index (κ2) is 6.41. The summed E-state index contributed by atoms with van der Waals surface area (Å²) in [7, 11) is 1.99. The van der Waals surface area contributed by atoms with E-state index in [9.17, 15) is 0 Å². The van der Waals surface area contributed by atoms with Crippen molar-refractivity contribution in [1.82, 2.24) is 15.1 Å². The van der Waals surface area contributed by atoms with Crippen molar-refractivity contribution < 1.29 is 4.74 Å². The van der Waals surface area contributed by atoms with Crippen molar-refractivity contribution >= 4 is 0 Å². The molecule has 1 N–H and O–H groups in total. The van der Waals surface area contributed by atoms with E-state index in [1.54, 1.807) is 0 Å². The van der Waals surface area contributed by atoms with Gasteiger partial charge < -0.3 is 10.1 Å². The normalized spacial score (nSPS) is 19.2. The summed E-state index contributed by atoms with van der Waals surface area (Å²) in [5.74, 6) is 0. The van der Waals surface area contributed by atoms with E-state index in [1.807, 2.05) is 13.2 Å². The minimum absolute atomic E-state index is 0.0484. The van der Waals surface area contributed by atoms with Crippen molar-refractivity contribution in [2.75, 3.05) is 13.7 Å². The van der Waals surface area contributed by atoms with Gasteiger partial charge in [0.1, 0.15) is 6.10 Å². The third-order valence-electron chi connectivity index (χ3n) is 4.15. The SMILES string of the molecule is CCCn1nccc1C(NC)C1OCCc2ccccc21. The zero-order valence-corrected chi connectivity index (χ0v) is 12.7. The van der Waals surface area contributed by atoms with E-state index >= 15 is 0 Å². The topological polar surface area (TPSA) is 39.1 Å². The van der Waals surface area contributed by atoms with Gasteiger partial charge in [0.05, 0.1) is 18.3 Å². The number of benzene rings is 1. The van der Waals surface area contributed by atoms with Crippen molar-refractivity contribution in [3.8, 4) is 0 Å². The molecule has 0 aliphatic carbocycles. The predicted octanol–water partition coefficient (Wildman–Crippen LogP) is 2.87. The fraction of sp³-hybridized carbons (Fsp3) is 0.471. The first-order valence-corrected chi connectivity index (χ1v) is 7.73. The molecule has 1 aliphatic heterocycles. The molecule has 2 aromatic rings. The fourth-order valence-electron chi connectivity index (χ4n) is 3.16. The van der Waals surface area contributed by atoms with Crippen LogP contribution in [0.5, 0.6) is 0 Å². The summed E-state index contributed by atoms with van der Waals surface area (Å²) in [6, 6.07) is 10.8. The minimum Gasteiger partial charge on any atom is -0.371 e. The molecule has 0 saturated carbocycles. The molecule has 0 fully saturated rings. The van der Waals surface area contributed by atoms with Crippen LogP contribution in [0.25, 0.3) is 0 Å². The van der Waals surface area contributed by atoms with Crippen LogP contribution in [0.2, 0.25) is 0 Å². The lowest BCUT2D eigenvalue weighted by atomic mass is 9.92. The summed E-state index contributed by atoms with van der Waals surface area (Å²) >= 11 is 0. The van der Waals surface area contributed by atoms with Gasteiger partial charge >= 0.3 is 0 Å². The summed E-state index contributed by atoms with van der Waals surface area (Å²) in [5, 5.41) is 7.87. The Morgan fingerprint density at radius 2 is 2.24 bits per heavy atom. The molecule has 0 spiro atoms. The molecule has 1 aromatic carbocycles. The molecular weight excluding hydrogens is 262 g/mol. The van der Waals surface area contributed by atoms with Crippen LogP contribution >= 0.6 is 0 Å². The largest absolute Gasteiger partial charge is 0.371 e. The van der Waals surface area contributed by atoms with Crippen molar-refractivity contribution in [2.24, 2.45) is 0 Å². The lowest BCUT2D eigenvalue weighted by molar-refractivity contribution is 0.0145. The van der Waals surface area contributed by atoms with Gasteiger partial charge in [-0.05, 0) is 37.1 Å². The van der Waals surface area contributed by atoms with Crippen molar-refractivity contribution in [3.05, 3.63) is 53.3 Å². The summed E-state index contributed by atoms with van der Waals surface area (Å²) in [5.41, 5.74) is 3.89. The number of hydrogen-bond acceptors (Lipinski definition) is 3. The first-order chi connectivity index (χ1) is 10.3. The number of aromatic nitrogens is 2. The highest BCUT2D eigenvalue weighted by Gasteiger charge is 2.30. The number of nitrogens with zero attached hydrogens (tertiary/aromatic N) is 2. The van der Waals surface area contributed by atoms with Gasteiger partial charge in [-0.1, -0.05) is 31.2 Å². The monoisotopic (exact) mass is 285 g/mol. The van der Waals surface area contributed by atoms with Crippen LogP contribution in [0.4, 0.5) is 0 Å². The number of hydrogen-bond donors (Lipinski definition) is 1. The second-order valence-electron chi connectivity index (χ2n) is 5.49. The molecule has 0 radical (unpaired) electrons. The molecule has 0 amide bonds. The van der Waals surface area contributed by atoms with Gasteiger partial charge in [-0.2, -0.15) is 5.10 Å². The van der Waals surface area contributed by atoms with E-state index in [0.29, 0.717) is 0 Å². The number of rotatable bonds is 5. The molecule has 4 heteroatoms. The van der Waals surface area contributed by atoms with Gasteiger partial charge in [0, 0.05) is 12.7 Å². The zero-order chi connectivity index (χ0) is 14.7. The molecule has 21 heavy (non-hydrogen) atoms. The minimum atomic E-state index is 0.0484. The standard InChI is InChI=1S/C17H23N3O/c1-3-11-20-15(8-10-19-20)16(18-2)17-14-7-5-4-6-13(14)9-12-21-17/h4-8,10,16-18H,3,9,11-12H2,1-2H3. The number of fused-ring (bicyclic) bond motifs is 1. The van der Waals surface area contributed by atoms with E-state index in [0.717, 1.165) is 26.0 Å². The predicted molar refractivity (Wildman–Crippen MR) is 83.2 cm³/mol. The van der Waals surface area contributed by atoms with Crippen LogP contribution in [0.15, 0.2) is 36.5 Å². The van der Waals surface area contributed by atoms with Crippen molar-refractivity contribution in [1.29, 1.82) is 0 Å². The molecule has 3 rings (SSSR count). The maximum atomic E-state index is 6.11. The Hall–Kier alpha value is -1.65. The highest BCUT2D eigenvalue weighted by Crippen LogP contribution is 2.36. The molecular formula is C17H23N3O. The molecule has 1 aromatic heterocycles. The van der Waals surface area contributed by atoms with Crippen LogP contribution < -0.4 is 5.32 Å². The van der Waals surface area contributed by atoms with Crippen molar-refractivity contribution in [2.45, 2.75) is 38.5 Å².